The van der Waals surface area contributed by atoms with Gasteiger partial charge in [-0.1, -0.05) is 48.0 Å². The summed E-state index contributed by atoms with van der Waals surface area (Å²) < 4.78 is 26.6. The van der Waals surface area contributed by atoms with Crippen LogP contribution < -0.4 is 5.32 Å². The Labute approximate surface area is 172 Å². The minimum atomic E-state index is -3.82. The van der Waals surface area contributed by atoms with Crippen molar-refractivity contribution in [3.63, 3.8) is 0 Å². The van der Waals surface area contributed by atoms with Crippen LogP contribution in [0.25, 0.3) is 0 Å². The molecule has 0 aromatic heterocycles. The highest BCUT2D eigenvalue weighted by atomic mass is 32.2. The Hall–Kier alpha value is -2.71. The van der Waals surface area contributed by atoms with Crippen LogP contribution in [0.3, 0.4) is 0 Å². The summed E-state index contributed by atoms with van der Waals surface area (Å²) in [6, 6.07) is 14.9. The lowest BCUT2D eigenvalue weighted by atomic mass is 10.1. The number of carbonyl (C=O) groups excluding carboxylic acids is 2. The van der Waals surface area contributed by atoms with E-state index in [4.69, 9.17) is 0 Å². The minimum absolute atomic E-state index is 0.118. The highest BCUT2D eigenvalue weighted by molar-refractivity contribution is 7.89. The Balaban J connectivity index is 2.23. The Morgan fingerprint density at radius 2 is 1.62 bits per heavy atom. The predicted octanol–water partition coefficient (Wildman–Crippen LogP) is 1.78. The molecular weight excluding hydrogens is 390 g/mol. The molecule has 156 valence electrons. The molecule has 0 aliphatic heterocycles. The molecule has 0 heterocycles. The van der Waals surface area contributed by atoms with Gasteiger partial charge in [-0.15, -0.1) is 0 Å². The van der Waals surface area contributed by atoms with Crippen LogP contribution in [0.4, 0.5) is 0 Å². The number of likely N-dealkylation sites (N-methyl/N-ethyl adjacent to an activating group) is 2. The molecule has 2 amide bonds. The van der Waals surface area contributed by atoms with E-state index in [2.05, 4.69) is 5.32 Å². The van der Waals surface area contributed by atoms with Crippen LogP contribution in [-0.4, -0.2) is 56.1 Å². The van der Waals surface area contributed by atoms with Crippen LogP contribution in [0.1, 0.15) is 18.1 Å². The van der Waals surface area contributed by atoms with Crippen LogP contribution in [0.5, 0.6) is 0 Å². The molecule has 0 saturated carbocycles. The first-order chi connectivity index (χ1) is 13.7. The van der Waals surface area contributed by atoms with E-state index in [1.807, 2.05) is 37.3 Å². The lowest BCUT2D eigenvalue weighted by Gasteiger charge is -2.30. The normalized spacial score (nSPS) is 12.4. The van der Waals surface area contributed by atoms with Gasteiger partial charge in [0.15, 0.2) is 0 Å². The van der Waals surface area contributed by atoms with Crippen LogP contribution in [0, 0.1) is 6.92 Å². The second-order valence-electron chi connectivity index (χ2n) is 6.87. The third-order valence-electron chi connectivity index (χ3n) is 4.70. The van der Waals surface area contributed by atoms with E-state index in [1.165, 1.54) is 31.1 Å². The highest BCUT2D eigenvalue weighted by Gasteiger charge is 2.29. The van der Waals surface area contributed by atoms with Gasteiger partial charge in [-0.2, -0.15) is 4.31 Å². The molecular formula is C21H27N3O4S. The average Bonchev–Trinajstić information content (AvgIpc) is 2.71. The van der Waals surface area contributed by atoms with Crippen molar-refractivity contribution >= 4 is 21.8 Å². The van der Waals surface area contributed by atoms with Crippen molar-refractivity contribution in [3.8, 4) is 0 Å². The molecule has 8 heteroatoms. The van der Waals surface area contributed by atoms with Crippen molar-refractivity contribution in [2.75, 3.05) is 20.6 Å². The van der Waals surface area contributed by atoms with Crippen molar-refractivity contribution < 1.29 is 18.0 Å². The lowest BCUT2D eigenvalue weighted by Crippen LogP contribution is -2.50. The van der Waals surface area contributed by atoms with Gasteiger partial charge in [0.2, 0.25) is 21.8 Å². The molecule has 2 aromatic rings. The van der Waals surface area contributed by atoms with E-state index in [1.54, 1.807) is 19.1 Å². The van der Waals surface area contributed by atoms with Crippen LogP contribution in [0.15, 0.2) is 59.5 Å². The average molecular weight is 418 g/mol. The Kier molecular flexibility index (Phi) is 7.53. The first kappa shape index (κ1) is 22.6. The number of nitrogens with one attached hydrogen (secondary N) is 1. The third-order valence-corrected chi connectivity index (χ3v) is 6.51. The van der Waals surface area contributed by atoms with E-state index in [0.29, 0.717) is 0 Å². The van der Waals surface area contributed by atoms with Gasteiger partial charge in [0.1, 0.15) is 6.04 Å². The van der Waals surface area contributed by atoms with E-state index in [0.717, 1.165) is 15.4 Å². The molecule has 0 saturated heterocycles. The lowest BCUT2D eigenvalue weighted by molar-refractivity contribution is -0.140. The van der Waals surface area contributed by atoms with Gasteiger partial charge in [0.05, 0.1) is 11.4 Å². The van der Waals surface area contributed by atoms with Crippen LogP contribution in [0.2, 0.25) is 0 Å². The van der Waals surface area contributed by atoms with Gasteiger partial charge in [0.25, 0.3) is 0 Å². The summed E-state index contributed by atoms with van der Waals surface area (Å²) >= 11 is 0. The smallest absolute Gasteiger partial charge is 0.243 e. The Morgan fingerprint density at radius 3 is 2.17 bits per heavy atom. The van der Waals surface area contributed by atoms with Crippen LogP contribution in [-0.2, 0) is 26.2 Å². The molecule has 0 unspecified atom stereocenters. The molecule has 0 spiro atoms. The quantitative estimate of drug-likeness (QED) is 0.709. The van der Waals surface area contributed by atoms with Gasteiger partial charge < -0.3 is 10.2 Å². The minimum Gasteiger partial charge on any atom is -0.357 e. The molecule has 0 fully saturated rings. The van der Waals surface area contributed by atoms with Crippen molar-refractivity contribution in [2.24, 2.45) is 0 Å². The summed E-state index contributed by atoms with van der Waals surface area (Å²) in [5, 5.41) is 2.54. The molecule has 0 bridgehead atoms. The molecule has 0 aliphatic rings. The summed E-state index contributed by atoms with van der Waals surface area (Å²) in [4.78, 5) is 26.6. The molecule has 2 aromatic carbocycles. The summed E-state index contributed by atoms with van der Waals surface area (Å²) in [5.74, 6) is -0.776. The van der Waals surface area contributed by atoms with E-state index in [9.17, 15) is 18.0 Å². The molecule has 0 radical (unpaired) electrons. The summed E-state index contributed by atoms with van der Waals surface area (Å²) in [6.45, 7) is 3.32. The number of amides is 2. The Bertz CT molecular complexity index is 944. The molecule has 2 rings (SSSR count). The van der Waals surface area contributed by atoms with Crippen molar-refractivity contribution in [1.82, 2.24) is 14.5 Å². The summed E-state index contributed by atoms with van der Waals surface area (Å²) in [6.07, 6.45) is 0. The first-order valence-corrected chi connectivity index (χ1v) is 10.7. The maximum Gasteiger partial charge on any atom is 0.243 e. The molecule has 0 aliphatic carbocycles. The number of rotatable bonds is 8. The number of carbonyl (C=O) groups is 2. The van der Waals surface area contributed by atoms with E-state index < -0.39 is 22.0 Å². The maximum absolute atomic E-state index is 13.0. The zero-order chi connectivity index (χ0) is 21.6. The second kappa shape index (κ2) is 9.67. The topological polar surface area (TPSA) is 86.8 Å². The van der Waals surface area contributed by atoms with Crippen LogP contribution >= 0.6 is 0 Å². The number of benzene rings is 2. The van der Waals surface area contributed by atoms with E-state index >= 15 is 0 Å². The summed E-state index contributed by atoms with van der Waals surface area (Å²) in [5.41, 5.74) is 1.79. The Morgan fingerprint density at radius 1 is 1.03 bits per heavy atom. The number of sulfonamides is 1. The standard InChI is InChI=1S/C21H27N3O4S/c1-16-10-12-19(13-11-16)29(27,28)23(4)15-20(25)24(17(2)21(26)22-3)14-18-8-6-5-7-9-18/h5-13,17H,14-15H2,1-4H3,(H,22,26)/t17-/m0/s1. The fraction of sp³-hybridized carbons (Fsp3) is 0.333. The predicted molar refractivity (Wildman–Crippen MR) is 112 cm³/mol. The molecule has 7 nitrogen and oxygen atoms in total. The van der Waals surface area contributed by atoms with Crippen molar-refractivity contribution in [3.05, 3.63) is 65.7 Å². The SMILES string of the molecule is CNC(=O)[C@H](C)N(Cc1ccccc1)C(=O)CN(C)S(=O)(=O)c1ccc(C)cc1. The second-order valence-corrected chi connectivity index (χ2v) is 8.92. The monoisotopic (exact) mass is 417 g/mol. The van der Waals surface area contributed by atoms with Gasteiger partial charge in [0, 0.05) is 20.6 Å². The number of hydrogen-bond acceptors (Lipinski definition) is 4. The first-order valence-electron chi connectivity index (χ1n) is 9.24. The highest BCUT2D eigenvalue weighted by Crippen LogP contribution is 2.16. The zero-order valence-electron chi connectivity index (χ0n) is 17.1. The van der Waals surface area contributed by atoms with Gasteiger partial charge >= 0.3 is 0 Å². The molecule has 29 heavy (non-hydrogen) atoms. The molecule has 1 N–H and O–H groups in total. The molecule has 1 atom stereocenters. The zero-order valence-corrected chi connectivity index (χ0v) is 17.9. The van der Waals surface area contributed by atoms with E-state index in [-0.39, 0.29) is 23.9 Å². The number of aryl methyl sites for hydroxylation is 1. The van der Waals surface area contributed by atoms with Gasteiger partial charge in [-0.3, -0.25) is 9.59 Å². The summed E-state index contributed by atoms with van der Waals surface area (Å²) in [7, 11) is -0.966. The number of hydrogen-bond donors (Lipinski definition) is 1. The van der Waals surface area contributed by atoms with Gasteiger partial charge in [-0.25, -0.2) is 8.42 Å². The largest absolute Gasteiger partial charge is 0.357 e. The maximum atomic E-state index is 13.0. The fourth-order valence-electron chi connectivity index (χ4n) is 2.83. The number of nitrogens with zero attached hydrogens (tertiary/aromatic N) is 2. The van der Waals surface area contributed by atoms with Crippen molar-refractivity contribution in [2.45, 2.75) is 31.3 Å². The van der Waals surface area contributed by atoms with Gasteiger partial charge in [-0.05, 0) is 31.5 Å². The fourth-order valence-corrected chi connectivity index (χ4v) is 3.95. The third kappa shape index (κ3) is 5.65. The van der Waals surface area contributed by atoms with Crippen molar-refractivity contribution in [1.29, 1.82) is 0 Å².